The van der Waals surface area contributed by atoms with Crippen LogP contribution >= 0.6 is 0 Å². The van der Waals surface area contributed by atoms with Crippen molar-refractivity contribution in [1.82, 2.24) is 4.90 Å². The molecule has 7 heteroatoms. The first-order valence-corrected chi connectivity index (χ1v) is 13.7. The number of rotatable bonds is 14. The quantitative estimate of drug-likeness (QED) is 0.233. The van der Waals surface area contributed by atoms with E-state index in [1.54, 1.807) is 0 Å². The predicted molar refractivity (Wildman–Crippen MR) is 108 cm³/mol. The number of nitrogens with zero attached hydrogens (tertiary/aromatic N) is 1. The lowest BCUT2D eigenvalue weighted by atomic mass is 10.1. The number of ether oxygens (including phenoxy) is 1. The minimum atomic E-state index is -1.40. The zero-order valence-corrected chi connectivity index (χ0v) is 18.4. The minimum absolute atomic E-state index is 0.111. The Kier molecular flexibility index (Phi) is 11.5. The highest BCUT2D eigenvalue weighted by Gasteiger charge is 2.35. The Labute approximate surface area is 165 Å². The van der Waals surface area contributed by atoms with Gasteiger partial charge in [-0.15, -0.1) is 0 Å². The maximum atomic E-state index is 11.7. The highest BCUT2D eigenvalue weighted by molar-refractivity contribution is 6.71. The summed E-state index contributed by atoms with van der Waals surface area (Å²) in [5.41, 5.74) is 0. The molecule has 1 fully saturated rings. The van der Waals surface area contributed by atoms with Crippen LogP contribution in [0.5, 0.6) is 0 Å². The second-order valence-corrected chi connectivity index (χ2v) is 12.2. The fraction of sp³-hybridized carbons (Fsp3) is 0.850. The van der Waals surface area contributed by atoms with E-state index in [0.29, 0.717) is 4.90 Å². The van der Waals surface area contributed by atoms with Crippen molar-refractivity contribution >= 4 is 26.2 Å². The summed E-state index contributed by atoms with van der Waals surface area (Å²) in [6.07, 6.45) is 9.94. The first kappa shape index (κ1) is 23.8. The van der Waals surface area contributed by atoms with Crippen molar-refractivity contribution < 1.29 is 23.5 Å². The number of carbonyl (C=O) groups excluding carboxylic acids is 3. The van der Waals surface area contributed by atoms with Crippen molar-refractivity contribution in [2.45, 2.75) is 96.7 Å². The number of amides is 3. The van der Waals surface area contributed by atoms with Gasteiger partial charge in [-0.25, -0.2) is 4.79 Å². The molecule has 1 aliphatic heterocycles. The normalized spacial score (nSPS) is 14.9. The molecule has 3 amide bonds. The third-order valence-corrected chi connectivity index (χ3v) is 7.55. The van der Waals surface area contributed by atoms with E-state index in [-0.39, 0.29) is 19.4 Å². The van der Waals surface area contributed by atoms with Gasteiger partial charge in [-0.05, 0) is 32.5 Å². The van der Waals surface area contributed by atoms with Crippen LogP contribution in [0.3, 0.4) is 0 Å². The second-order valence-electron chi connectivity index (χ2n) is 7.86. The van der Waals surface area contributed by atoms with Crippen LogP contribution in [0.25, 0.3) is 0 Å². The van der Waals surface area contributed by atoms with Gasteiger partial charge in [-0.3, -0.25) is 9.59 Å². The van der Waals surface area contributed by atoms with Crippen LogP contribution in [0.1, 0.15) is 77.6 Å². The number of hydrogen-bond acceptors (Lipinski definition) is 5. The molecule has 0 aromatic rings. The molecule has 27 heavy (non-hydrogen) atoms. The van der Waals surface area contributed by atoms with Crippen LogP contribution in [0, 0.1) is 0 Å². The van der Waals surface area contributed by atoms with Gasteiger partial charge in [0.1, 0.15) is 0 Å². The fourth-order valence-corrected chi connectivity index (χ4v) is 5.38. The lowest BCUT2D eigenvalue weighted by molar-refractivity contribution is -0.136. The summed E-state index contributed by atoms with van der Waals surface area (Å²) in [7, 11) is -1.40. The molecule has 0 aromatic heterocycles. The third kappa shape index (κ3) is 10.0. The van der Waals surface area contributed by atoms with Gasteiger partial charge in [0.2, 0.25) is 11.8 Å². The van der Waals surface area contributed by atoms with E-state index in [4.69, 9.17) is 9.16 Å². The van der Waals surface area contributed by atoms with Gasteiger partial charge in [0.05, 0.1) is 6.61 Å². The van der Waals surface area contributed by atoms with Crippen molar-refractivity contribution in [1.29, 1.82) is 0 Å². The molecule has 0 aliphatic carbocycles. The average molecular weight is 400 g/mol. The molecule has 0 unspecified atom stereocenters. The molecule has 6 nitrogen and oxygen atoms in total. The Hall–Kier alpha value is -1.21. The van der Waals surface area contributed by atoms with Crippen molar-refractivity contribution in [2.24, 2.45) is 0 Å². The molecule has 1 aliphatic rings. The molecule has 1 saturated heterocycles. The topological polar surface area (TPSA) is 72.9 Å². The first-order valence-electron chi connectivity index (χ1n) is 10.5. The van der Waals surface area contributed by atoms with E-state index in [1.807, 2.05) is 0 Å². The van der Waals surface area contributed by atoms with Crippen molar-refractivity contribution in [3.8, 4) is 0 Å². The number of hydrogen-bond donors (Lipinski definition) is 0. The van der Waals surface area contributed by atoms with Crippen LogP contribution in [0.2, 0.25) is 19.1 Å². The number of likely N-dealkylation sites (tertiary alicyclic amines) is 1. The lowest BCUT2D eigenvalue weighted by Gasteiger charge is -2.21. The Balaban J connectivity index is 1.89. The van der Waals surface area contributed by atoms with Gasteiger partial charge >= 0.3 is 6.09 Å². The van der Waals surface area contributed by atoms with E-state index >= 15 is 0 Å². The molecular weight excluding hydrogens is 362 g/mol. The highest BCUT2D eigenvalue weighted by atomic mass is 28.4. The number of imide groups is 3. The largest absolute Gasteiger partial charge is 0.449 e. The summed E-state index contributed by atoms with van der Waals surface area (Å²) < 4.78 is 10.9. The molecule has 0 saturated carbocycles. The van der Waals surface area contributed by atoms with Crippen LogP contribution in [-0.2, 0) is 18.8 Å². The summed E-state index contributed by atoms with van der Waals surface area (Å²) in [5, 5.41) is 0. The summed E-state index contributed by atoms with van der Waals surface area (Å²) in [6.45, 7) is 7.79. The maximum absolute atomic E-state index is 11.7. The van der Waals surface area contributed by atoms with E-state index in [1.165, 1.54) is 44.6 Å². The highest BCUT2D eigenvalue weighted by Crippen LogP contribution is 2.18. The SMILES string of the molecule is CCO[Si](C)(C)CCCCCCCCCCCOC(=O)N1C(=O)CCC1=O. The van der Waals surface area contributed by atoms with Gasteiger partial charge in [-0.1, -0.05) is 51.4 Å². The minimum Gasteiger partial charge on any atom is -0.449 e. The smallest absolute Gasteiger partial charge is 0.423 e. The predicted octanol–water partition coefficient (Wildman–Crippen LogP) is 5.02. The zero-order chi connectivity index (χ0) is 20.1. The summed E-state index contributed by atoms with van der Waals surface area (Å²) in [6, 6.07) is 1.26. The summed E-state index contributed by atoms with van der Waals surface area (Å²) in [5.74, 6) is -0.900. The van der Waals surface area contributed by atoms with E-state index < -0.39 is 26.2 Å². The van der Waals surface area contributed by atoms with Crippen LogP contribution in [0.15, 0.2) is 0 Å². The van der Waals surface area contributed by atoms with E-state index in [0.717, 1.165) is 25.9 Å². The molecule has 0 N–H and O–H groups in total. The Morgan fingerprint density at radius 3 is 1.89 bits per heavy atom. The first-order chi connectivity index (χ1) is 12.9. The average Bonchev–Trinajstić information content (AvgIpc) is 2.94. The number of carbonyl (C=O) groups is 3. The molecule has 0 bridgehead atoms. The fourth-order valence-electron chi connectivity index (χ4n) is 3.36. The van der Waals surface area contributed by atoms with Gasteiger partial charge in [0.25, 0.3) is 0 Å². The Morgan fingerprint density at radius 2 is 1.37 bits per heavy atom. The van der Waals surface area contributed by atoms with Crippen molar-refractivity contribution in [2.75, 3.05) is 13.2 Å². The van der Waals surface area contributed by atoms with E-state index in [9.17, 15) is 14.4 Å². The molecule has 0 radical (unpaired) electrons. The van der Waals surface area contributed by atoms with Gasteiger partial charge < -0.3 is 9.16 Å². The molecule has 0 atom stereocenters. The Morgan fingerprint density at radius 1 is 0.889 bits per heavy atom. The summed E-state index contributed by atoms with van der Waals surface area (Å²) >= 11 is 0. The Bertz CT molecular complexity index is 465. The van der Waals surface area contributed by atoms with Gasteiger partial charge in [0, 0.05) is 19.4 Å². The van der Waals surface area contributed by atoms with E-state index in [2.05, 4.69) is 20.0 Å². The number of unbranched alkanes of at least 4 members (excludes halogenated alkanes) is 8. The van der Waals surface area contributed by atoms with Crippen LogP contribution in [-0.4, -0.2) is 44.3 Å². The molecule has 1 rings (SSSR count). The standard InChI is InChI=1S/C20H37NO5Si/c1-4-26-27(2,3)17-13-11-9-7-5-6-8-10-12-16-25-20(24)21-18(22)14-15-19(21)23/h4-17H2,1-3H3. The molecule has 156 valence electrons. The molecular formula is C20H37NO5Si. The van der Waals surface area contributed by atoms with Crippen LogP contribution < -0.4 is 0 Å². The molecule has 0 spiro atoms. The molecule has 0 aromatic carbocycles. The van der Waals surface area contributed by atoms with Crippen molar-refractivity contribution in [3.05, 3.63) is 0 Å². The zero-order valence-electron chi connectivity index (χ0n) is 17.4. The molecule has 1 heterocycles. The van der Waals surface area contributed by atoms with Gasteiger partial charge in [0.15, 0.2) is 8.32 Å². The van der Waals surface area contributed by atoms with Crippen LogP contribution in [0.4, 0.5) is 4.79 Å². The lowest BCUT2D eigenvalue weighted by Crippen LogP contribution is -2.36. The van der Waals surface area contributed by atoms with Crippen molar-refractivity contribution in [3.63, 3.8) is 0 Å². The van der Waals surface area contributed by atoms with Gasteiger partial charge in [-0.2, -0.15) is 4.90 Å². The summed E-state index contributed by atoms with van der Waals surface area (Å²) in [4.78, 5) is 35.1. The second kappa shape index (κ2) is 13.0. The maximum Gasteiger partial charge on any atom is 0.423 e. The monoisotopic (exact) mass is 399 g/mol. The third-order valence-electron chi connectivity index (χ3n) is 4.92.